The summed E-state index contributed by atoms with van der Waals surface area (Å²) < 4.78 is 29.3. The lowest BCUT2D eigenvalue weighted by Gasteiger charge is -2.23. The molecular weight excluding hydrogens is 387 g/mol. The quantitative estimate of drug-likeness (QED) is 0.285. The highest BCUT2D eigenvalue weighted by Crippen LogP contribution is 2.45. The first-order valence-electron chi connectivity index (χ1n) is 8.45. The van der Waals surface area contributed by atoms with E-state index in [1.807, 2.05) is 0 Å². The lowest BCUT2D eigenvalue weighted by molar-refractivity contribution is -0.384. The van der Waals surface area contributed by atoms with E-state index in [4.69, 9.17) is 13.8 Å². The Morgan fingerprint density at radius 3 is 2.04 bits per heavy atom. The van der Waals surface area contributed by atoms with Crippen LogP contribution < -0.4 is 14.1 Å². The maximum atomic E-state index is 13.3. The van der Waals surface area contributed by atoms with Crippen molar-refractivity contribution >= 4 is 19.4 Å². The Morgan fingerprint density at radius 1 is 1.00 bits per heavy atom. The Labute approximate surface area is 162 Å². The van der Waals surface area contributed by atoms with Gasteiger partial charge in [-0.15, -0.1) is 0 Å². The lowest BCUT2D eigenvalue weighted by atomic mass is 10.3. The summed E-state index contributed by atoms with van der Waals surface area (Å²) in [7, 11) is -4.08. The number of nitrogens with one attached hydrogen (secondary N) is 1. The lowest BCUT2D eigenvalue weighted by Crippen LogP contribution is -2.36. The number of esters is 1. The Hall–Kier alpha value is -2.90. The van der Waals surface area contributed by atoms with Crippen LogP contribution in [0.25, 0.3) is 0 Å². The van der Waals surface area contributed by atoms with Crippen molar-refractivity contribution < 1.29 is 28.1 Å². The number of nitro benzene ring substituents is 1. The van der Waals surface area contributed by atoms with Crippen LogP contribution in [0.5, 0.6) is 11.5 Å². The fourth-order valence-electron chi connectivity index (χ4n) is 2.08. The first kappa shape index (κ1) is 21.4. The third-order valence-electron chi connectivity index (χ3n) is 3.30. The van der Waals surface area contributed by atoms with Crippen LogP contribution in [0.15, 0.2) is 54.6 Å². The number of benzene rings is 2. The van der Waals surface area contributed by atoms with E-state index in [0.29, 0.717) is 0 Å². The molecule has 9 nitrogen and oxygen atoms in total. The van der Waals surface area contributed by atoms with E-state index in [-0.39, 0.29) is 23.3 Å². The van der Waals surface area contributed by atoms with E-state index in [2.05, 4.69) is 5.09 Å². The maximum Gasteiger partial charge on any atom is 0.513 e. The molecule has 1 unspecified atom stereocenters. The zero-order valence-electron chi connectivity index (χ0n) is 15.6. The molecule has 0 amide bonds. The number of non-ortho nitro benzene ring substituents is 1. The minimum Gasteiger partial charge on any atom is -0.462 e. The van der Waals surface area contributed by atoms with Crippen LogP contribution in [0, 0.1) is 10.1 Å². The molecule has 0 aliphatic rings. The Morgan fingerprint density at radius 2 is 1.54 bits per heavy atom. The smallest absolute Gasteiger partial charge is 0.462 e. The number of para-hydroxylation sites is 1. The van der Waals surface area contributed by atoms with E-state index in [1.54, 1.807) is 44.2 Å². The van der Waals surface area contributed by atoms with Crippen molar-refractivity contribution in [2.75, 3.05) is 0 Å². The molecule has 0 fully saturated rings. The summed E-state index contributed by atoms with van der Waals surface area (Å²) in [4.78, 5) is 22.3. The van der Waals surface area contributed by atoms with Crippen molar-refractivity contribution in [3.63, 3.8) is 0 Å². The third kappa shape index (κ3) is 6.37. The van der Waals surface area contributed by atoms with Crippen LogP contribution in [-0.2, 0) is 14.1 Å². The average Bonchev–Trinajstić information content (AvgIpc) is 2.62. The molecule has 0 aliphatic carbocycles. The molecule has 1 N–H and O–H groups in total. The molecule has 0 saturated heterocycles. The maximum absolute atomic E-state index is 13.3. The Bertz CT molecular complexity index is 856. The monoisotopic (exact) mass is 408 g/mol. The summed E-state index contributed by atoms with van der Waals surface area (Å²) in [5.74, 6) is -0.300. The van der Waals surface area contributed by atoms with Crippen molar-refractivity contribution in [1.29, 1.82) is 0 Å². The number of ether oxygens (including phenoxy) is 1. The zero-order chi connectivity index (χ0) is 20.7. The SMILES string of the molecule is CC(C)OC(=O)[C@@H](C)NP(=O)(Oc1ccccc1)Oc1ccc([N+](=O)[O-])cc1. The molecule has 2 atom stereocenters. The van der Waals surface area contributed by atoms with Gasteiger partial charge in [-0.1, -0.05) is 18.2 Å². The molecule has 0 spiro atoms. The van der Waals surface area contributed by atoms with Gasteiger partial charge < -0.3 is 13.8 Å². The molecule has 0 bridgehead atoms. The van der Waals surface area contributed by atoms with E-state index in [0.717, 1.165) is 0 Å². The van der Waals surface area contributed by atoms with Gasteiger partial charge in [0, 0.05) is 12.1 Å². The van der Waals surface area contributed by atoms with Gasteiger partial charge in [0.1, 0.15) is 17.5 Å². The highest BCUT2D eigenvalue weighted by atomic mass is 31.2. The predicted octanol–water partition coefficient (Wildman–Crippen LogP) is 4.09. The zero-order valence-corrected chi connectivity index (χ0v) is 16.5. The van der Waals surface area contributed by atoms with Gasteiger partial charge in [0.15, 0.2) is 0 Å². The summed E-state index contributed by atoms with van der Waals surface area (Å²) in [6.45, 7) is 4.85. The highest BCUT2D eigenvalue weighted by molar-refractivity contribution is 7.52. The number of carbonyl (C=O) groups is 1. The second-order valence-corrected chi connectivity index (χ2v) is 7.70. The van der Waals surface area contributed by atoms with Gasteiger partial charge >= 0.3 is 13.7 Å². The standard InChI is InChI=1S/C18H21N2O7P/c1-13(2)25-18(21)14(3)19-28(24,26-16-7-5-4-6-8-16)27-17-11-9-15(10-12-17)20(22)23/h4-14H,1-3H3,(H,19,24)/t14-,28?/m1/s1. The number of hydrogen-bond acceptors (Lipinski definition) is 7. The molecule has 0 heterocycles. The minimum atomic E-state index is -4.08. The molecule has 0 radical (unpaired) electrons. The second-order valence-electron chi connectivity index (χ2n) is 6.08. The van der Waals surface area contributed by atoms with Crippen molar-refractivity contribution in [2.45, 2.75) is 32.9 Å². The number of carbonyl (C=O) groups excluding carboxylic acids is 1. The molecule has 0 aliphatic heterocycles. The van der Waals surface area contributed by atoms with Gasteiger partial charge in [-0.3, -0.25) is 14.9 Å². The van der Waals surface area contributed by atoms with E-state index >= 15 is 0 Å². The molecule has 10 heteroatoms. The highest BCUT2D eigenvalue weighted by Gasteiger charge is 2.34. The number of nitrogens with zero attached hydrogens (tertiary/aromatic N) is 1. The van der Waals surface area contributed by atoms with Gasteiger partial charge in [-0.25, -0.2) is 4.57 Å². The van der Waals surface area contributed by atoms with Crippen LogP contribution in [0.3, 0.4) is 0 Å². The molecule has 28 heavy (non-hydrogen) atoms. The molecule has 2 aromatic rings. The molecule has 0 aromatic heterocycles. The van der Waals surface area contributed by atoms with Crippen LogP contribution in [-0.4, -0.2) is 23.0 Å². The van der Waals surface area contributed by atoms with Crippen LogP contribution in [0.1, 0.15) is 20.8 Å². The van der Waals surface area contributed by atoms with Gasteiger partial charge in [0.05, 0.1) is 11.0 Å². The second kappa shape index (κ2) is 9.34. The molecule has 2 rings (SSSR count). The number of rotatable bonds is 9. The molecule has 0 saturated carbocycles. The van der Waals surface area contributed by atoms with E-state index < -0.39 is 24.7 Å². The van der Waals surface area contributed by atoms with Crippen LogP contribution >= 0.6 is 7.75 Å². The fourth-order valence-corrected chi connectivity index (χ4v) is 3.60. The summed E-state index contributed by atoms with van der Waals surface area (Å²) >= 11 is 0. The number of nitro groups is 1. The summed E-state index contributed by atoms with van der Waals surface area (Å²) in [6, 6.07) is 12.3. The van der Waals surface area contributed by atoms with Crippen molar-refractivity contribution in [1.82, 2.24) is 5.09 Å². The van der Waals surface area contributed by atoms with E-state index in [9.17, 15) is 19.5 Å². The van der Waals surface area contributed by atoms with Gasteiger partial charge in [0.2, 0.25) is 0 Å². The van der Waals surface area contributed by atoms with Crippen LogP contribution in [0.4, 0.5) is 5.69 Å². The van der Waals surface area contributed by atoms with Crippen molar-refractivity contribution in [3.8, 4) is 11.5 Å². The van der Waals surface area contributed by atoms with Crippen molar-refractivity contribution in [3.05, 3.63) is 64.7 Å². The minimum absolute atomic E-state index is 0.0711. The fraction of sp³-hybridized carbons (Fsp3) is 0.278. The topological polar surface area (TPSA) is 117 Å². The Balaban J connectivity index is 2.23. The Kier molecular flexibility index (Phi) is 7.14. The first-order valence-corrected chi connectivity index (χ1v) is 10.00. The molecular formula is C18H21N2O7P. The average molecular weight is 408 g/mol. The first-order chi connectivity index (χ1) is 13.2. The normalized spacial score (nSPS) is 14.0. The summed E-state index contributed by atoms with van der Waals surface area (Å²) in [6.07, 6.45) is -0.346. The van der Waals surface area contributed by atoms with Gasteiger partial charge in [-0.05, 0) is 45.0 Å². The van der Waals surface area contributed by atoms with Crippen molar-refractivity contribution in [2.24, 2.45) is 0 Å². The number of hydrogen-bond donors (Lipinski definition) is 1. The van der Waals surface area contributed by atoms with Crippen LogP contribution in [0.2, 0.25) is 0 Å². The largest absolute Gasteiger partial charge is 0.513 e. The third-order valence-corrected chi connectivity index (χ3v) is 4.90. The summed E-state index contributed by atoms with van der Waals surface area (Å²) in [5, 5.41) is 13.3. The predicted molar refractivity (Wildman–Crippen MR) is 102 cm³/mol. The molecule has 2 aromatic carbocycles. The van der Waals surface area contributed by atoms with Gasteiger partial charge in [-0.2, -0.15) is 5.09 Å². The van der Waals surface area contributed by atoms with Gasteiger partial charge in [0.25, 0.3) is 5.69 Å². The molecule has 150 valence electrons. The van der Waals surface area contributed by atoms with E-state index in [1.165, 1.54) is 31.2 Å². The summed E-state index contributed by atoms with van der Waals surface area (Å²) in [5.41, 5.74) is -0.145.